The minimum absolute atomic E-state index is 0.00246. The van der Waals surface area contributed by atoms with Crippen LogP contribution in [0.5, 0.6) is 0 Å². The molecule has 0 bridgehead atoms. The second-order valence-corrected chi connectivity index (χ2v) is 7.62. The molecule has 1 aliphatic rings. The number of nitrogens with zero attached hydrogens (tertiary/aromatic N) is 1. The van der Waals surface area contributed by atoms with Crippen LogP contribution in [0.1, 0.15) is 30.0 Å². The van der Waals surface area contributed by atoms with E-state index in [1.165, 1.54) is 24.0 Å². The highest BCUT2D eigenvalue weighted by atomic mass is 19.4. The zero-order valence-corrected chi connectivity index (χ0v) is 15.5. The van der Waals surface area contributed by atoms with Crippen molar-refractivity contribution in [3.63, 3.8) is 0 Å². The van der Waals surface area contributed by atoms with Crippen LogP contribution in [0.4, 0.5) is 13.2 Å². The summed E-state index contributed by atoms with van der Waals surface area (Å²) in [6, 6.07) is 13.8. The number of rotatable bonds is 3. The predicted molar refractivity (Wildman–Crippen MR) is 101 cm³/mol. The predicted octanol–water partition coefficient (Wildman–Crippen LogP) is 5.18. The smallest absolute Gasteiger partial charge is 0.417 e. The van der Waals surface area contributed by atoms with E-state index in [4.69, 9.17) is 4.42 Å². The fourth-order valence-corrected chi connectivity index (χ4v) is 4.24. The van der Waals surface area contributed by atoms with E-state index in [1.807, 2.05) is 25.1 Å². The highest BCUT2D eigenvalue weighted by Crippen LogP contribution is 2.44. The highest BCUT2D eigenvalue weighted by Gasteiger charge is 2.43. The van der Waals surface area contributed by atoms with Gasteiger partial charge in [-0.3, -0.25) is 4.90 Å². The van der Waals surface area contributed by atoms with Crippen LogP contribution in [0.3, 0.4) is 0 Å². The van der Waals surface area contributed by atoms with Gasteiger partial charge < -0.3 is 9.52 Å². The molecule has 6 heteroatoms. The third-order valence-electron chi connectivity index (χ3n) is 5.79. The van der Waals surface area contributed by atoms with Gasteiger partial charge in [0.25, 0.3) is 0 Å². The fraction of sp³-hybridized carbons (Fsp3) is 0.364. The normalized spacial score (nSPS) is 24.0. The van der Waals surface area contributed by atoms with E-state index in [0.717, 1.165) is 12.6 Å². The Kier molecular flexibility index (Phi) is 4.71. The maximum Gasteiger partial charge on any atom is 0.417 e. The van der Waals surface area contributed by atoms with E-state index in [9.17, 15) is 18.3 Å². The number of benzene rings is 2. The zero-order chi connectivity index (χ0) is 19.9. The van der Waals surface area contributed by atoms with Gasteiger partial charge in [0.2, 0.25) is 0 Å². The van der Waals surface area contributed by atoms with E-state index in [-0.39, 0.29) is 16.9 Å². The van der Waals surface area contributed by atoms with Gasteiger partial charge in [-0.05, 0) is 24.1 Å². The molecule has 2 aromatic carbocycles. The van der Waals surface area contributed by atoms with Gasteiger partial charge in [0, 0.05) is 36.5 Å². The Hall–Kier alpha value is -2.31. The Morgan fingerprint density at radius 2 is 1.89 bits per heavy atom. The molecule has 2 atom stereocenters. The van der Waals surface area contributed by atoms with Gasteiger partial charge in [0.1, 0.15) is 5.58 Å². The molecule has 148 valence electrons. The zero-order valence-electron chi connectivity index (χ0n) is 15.5. The molecule has 0 amide bonds. The van der Waals surface area contributed by atoms with E-state index in [1.54, 1.807) is 0 Å². The van der Waals surface area contributed by atoms with Crippen LogP contribution in [0, 0.1) is 5.92 Å². The number of aliphatic hydroxyl groups is 1. The molecule has 1 fully saturated rings. The third-order valence-corrected chi connectivity index (χ3v) is 5.79. The molecule has 28 heavy (non-hydrogen) atoms. The lowest BCUT2D eigenvalue weighted by Crippen LogP contribution is -2.48. The maximum atomic E-state index is 13.3. The average molecular weight is 389 g/mol. The Labute approximate surface area is 161 Å². The molecule has 0 spiro atoms. The number of alkyl halides is 3. The molecule has 1 aromatic heterocycles. The highest BCUT2D eigenvalue weighted by molar-refractivity contribution is 5.85. The Balaban J connectivity index is 1.62. The fourth-order valence-electron chi connectivity index (χ4n) is 4.24. The molecule has 1 saturated heterocycles. The number of hydrogen-bond acceptors (Lipinski definition) is 3. The molecule has 1 N–H and O–H groups in total. The van der Waals surface area contributed by atoms with Crippen molar-refractivity contribution in [3.8, 4) is 0 Å². The second kappa shape index (κ2) is 6.94. The molecule has 4 rings (SSSR count). The van der Waals surface area contributed by atoms with Gasteiger partial charge in [0.05, 0.1) is 17.4 Å². The standard InChI is InChI=1S/C22H22F3NO2/c1-15-13-26(14-16-5-3-2-4-6-16)11-10-21(15,27)19-8-7-18(22(23,24)25)17-9-12-28-20(17)19/h2-9,12,15,27H,10-11,13-14H2,1H3/t15-,21-/m0/s1. The van der Waals surface area contributed by atoms with E-state index in [0.29, 0.717) is 25.1 Å². The summed E-state index contributed by atoms with van der Waals surface area (Å²) >= 11 is 0. The number of likely N-dealkylation sites (tertiary alicyclic amines) is 1. The topological polar surface area (TPSA) is 36.6 Å². The van der Waals surface area contributed by atoms with Crippen LogP contribution in [0.2, 0.25) is 0 Å². The number of furan rings is 1. The maximum absolute atomic E-state index is 13.3. The monoisotopic (exact) mass is 389 g/mol. The van der Waals surface area contributed by atoms with Crippen molar-refractivity contribution in [1.82, 2.24) is 4.90 Å². The van der Waals surface area contributed by atoms with Crippen molar-refractivity contribution >= 4 is 11.0 Å². The quantitative estimate of drug-likeness (QED) is 0.671. The van der Waals surface area contributed by atoms with Gasteiger partial charge in [0.15, 0.2) is 0 Å². The lowest BCUT2D eigenvalue weighted by atomic mass is 9.76. The number of fused-ring (bicyclic) bond motifs is 1. The Bertz CT molecular complexity index is 967. The summed E-state index contributed by atoms with van der Waals surface area (Å²) in [6.45, 7) is 4.02. The first-order chi connectivity index (χ1) is 13.3. The minimum atomic E-state index is -4.46. The molecule has 3 nitrogen and oxygen atoms in total. The van der Waals surface area contributed by atoms with Crippen LogP contribution in [-0.4, -0.2) is 23.1 Å². The van der Waals surface area contributed by atoms with Crippen molar-refractivity contribution in [1.29, 1.82) is 0 Å². The molecule has 2 heterocycles. The first kappa shape index (κ1) is 19.0. The van der Waals surface area contributed by atoms with E-state index >= 15 is 0 Å². The van der Waals surface area contributed by atoms with Crippen molar-refractivity contribution in [3.05, 3.63) is 71.5 Å². The molecule has 0 radical (unpaired) electrons. The number of piperidine rings is 1. The van der Waals surface area contributed by atoms with Gasteiger partial charge in [-0.1, -0.05) is 43.3 Å². The van der Waals surface area contributed by atoms with Gasteiger partial charge in [-0.15, -0.1) is 0 Å². The van der Waals surface area contributed by atoms with Gasteiger partial charge in [-0.25, -0.2) is 0 Å². The van der Waals surface area contributed by atoms with Gasteiger partial charge in [-0.2, -0.15) is 13.2 Å². The van der Waals surface area contributed by atoms with Crippen LogP contribution in [0.25, 0.3) is 11.0 Å². The van der Waals surface area contributed by atoms with Crippen LogP contribution < -0.4 is 0 Å². The molecule has 1 aliphatic heterocycles. The summed E-state index contributed by atoms with van der Waals surface area (Å²) in [4.78, 5) is 2.26. The first-order valence-corrected chi connectivity index (χ1v) is 9.35. The number of hydrogen-bond donors (Lipinski definition) is 1. The van der Waals surface area contributed by atoms with Crippen LogP contribution in [-0.2, 0) is 18.3 Å². The molecule has 0 unspecified atom stereocenters. The molecule has 3 aromatic rings. The second-order valence-electron chi connectivity index (χ2n) is 7.62. The van der Waals surface area contributed by atoms with Crippen LogP contribution >= 0.6 is 0 Å². The Morgan fingerprint density at radius 3 is 2.57 bits per heavy atom. The summed E-state index contributed by atoms with van der Waals surface area (Å²) < 4.78 is 45.3. The SMILES string of the molecule is C[C@H]1CN(Cc2ccccc2)CC[C@@]1(O)c1ccc(C(F)(F)F)c2ccoc12. The van der Waals surface area contributed by atoms with Crippen molar-refractivity contribution in [2.45, 2.75) is 31.7 Å². The van der Waals surface area contributed by atoms with Crippen molar-refractivity contribution in [2.75, 3.05) is 13.1 Å². The number of halogens is 3. The summed E-state index contributed by atoms with van der Waals surface area (Å²) in [5.74, 6) is -0.157. The summed E-state index contributed by atoms with van der Waals surface area (Å²) in [6.07, 6.45) is -2.78. The van der Waals surface area contributed by atoms with Crippen molar-refractivity contribution < 1.29 is 22.7 Å². The third kappa shape index (κ3) is 3.31. The molecule has 0 saturated carbocycles. The lowest BCUT2D eigenvalue weighted by Gasteiger charge is -2.43. The van der Waals surface area contributed by atoms with E-state index in [2.05, 4.69) is 17.0 Å². The summed E-state index contributed by atoms with van der Waals surface area (Å²) in [5.41, 5.74) is -0.207. The molecule has 0 aliphatic carbocycles. The van der Waals surface area contributed by atoms with Crippen molar-refractivity contribution in [2.24, 2.45) is 5.92 Å². The largest absolute Gasteiger partial charge is 0.464 e. The van der Waals surface area contributed by atoms with Gasteiger partial charge >= 0.3 is 6.18 Å². The summed E-state index contributed by atoms with van der Waals surface area (Å²) in [5, 5.41) is 11.4. The van der Waals surface area contributed by atoms with E-state index < -0.39 is 17.3 Å². The molecular weight excluding hydrogens is 367 g/mol. The first-order valence-electron chi connectivity index (χ1n) is 9.35. The molecular formula is C22H22F3NO2. The minimum Gasteiger partial charge on any atom is -0.464 e. The van der Waals surface area contributed by atoms with Crippen LogP contribution in [0.15, 0.2) is 59.2 Å². The summed E-state index contributed by atoms with van der Waals surface area (Å²) in [7, 11) is 0. The average Bonchev–Trinajstić information content (AvgIpc) is 3.13. The Morgan fingerprint density at radius 1 is 1.14 bits per heavy atom. The lowest BCUT2D eigenvalue weighted by molar-refractivity contribution is -0.136.